The summed E-state index contributed by atoms with van der Waals surface area (Å²) in [7, 11) is 0. The second-order valence-corrected chi connectivity index (χ2v) is 6.04. The van der Waals surface area contributed by atoms with Gasteiger partial charge in [-0.25, -0.2) is 9.13 Å². The Balaban J connectivity index is 2.02. The highest BCUT2D eigenvalue weighted by molar-refractivity contribution is 6.42. The first-order chi connectivity index (χ1) is 11.0. The topological polar surface area (TPSA) is 51.9 Å². The molecule has 118 valence electrons. The van der Waals surface area contributed by atoms with Gasteiger partial charge in [0.15, 0.2) is 5.78 Å². The number of halogens is 2. The number of fused-ring (bicyclic) bond motifs is 1. The van der Waals surface area contributed by atoms with E-state index in [-0.39, 0.29) is 12.3 Å². The lowest BCUT2D eigenvalue weighted by Gasteiger charge is -2.03. The number of aromatic nitrogens is 2. The number of Topliss-reactive ketones (excluding diaryl/α,β-unsaturated/α-hetero) is 1. The third-order valence-electron chi connectivity index (χ3n) is 3.88. The lowest BCUT2D eigenvalue weighted by molar-refractivity contribution is -0.642. The van der Waals surface area contributed by atoms with Gasteiger partial charge in [-0.2, -0.15) is 0 Å². The Morgan fingerprint density at radius 2 is 1.91 bits per heavy atom. The standard InChI is InChI=1S/C17H15Cl2N3O/c1-2-21-14-5-3-4-6-15(14)22(17(21)20)10-16(23)11-7-8-12(18)13(19)9-11/h3-9,20H,2,10H2,1H3/p+1. The predicted octanol–water partition coefficient (Wildman–Crippen LogP) is 3.72. The van der Waals surface area contributed by atoms with Gasteiger partial charge in [-0.1, -0.05) is 35.3 Å². The Kier molecular flexibility index (Phi) is 4.28. The number of nitrogens with zero attached hydrogens (tertiary/aromatic N) is 2. The zero-order chi connectivity index (χ0) is 16.6. The summed E-state index contributed by atoms with van der Waals surface area (Å²) >= 11 is 11.9. The molecule has 23 heavy (non-hydrogen) atoms. The van der Waals surface area contributed by atoms with Gasteiger partial charge in [0, 0.05) is 5.56 Å². The van der Waals surface area contributed by atoms with Crippen LogP contribution in [0.25, 0.3) is 11.0 Å². The Labute approximate surface area is 144 Å². The number of imidazole rings is 1. The van der Waals surface area contributed by atoms with Crippen molar-refractivity contribution in [2.45, 2.75) is 20.0 Å². The van der Waals surface area contributed by atoms with Gasteiger partial charge in [0.1, 0.15) is 17.6 Å². The maximum absolute atomic E-state index is 12.6. The van der Waals surface area contributed by atoms with E-state index in [1.54, 1.807) is 18.2 Å². The zero-order valence-corrected chi connectivity index (χ0v) is 14.1. The van der Waals surface area contributed by atoms with Crippen LogP contribution >= 0.6 is 23.2 Å². The first-order valence-corrected chi connectivity index (χ1v) is 8.03. The molecule has 0 aliphatic rings. The zero-order valence-electron chi connectivity index (χ0n) is 12.6. The summed E-state index contributed by atoms with van der Waals surface area (Å²) < 4.78 is 3.81. The Hall–Kier alpha value is -2.04. The van der Waals surface area contributed by atoms with Crippen LogP contribution in [0.4, 0.5) is 5.95 Å². The summed E-state index contributed by atoms with van der Waals surface area (Å²) in [6.45, 7) is 2.91. The molecule has 0 fully saturated rings. The molecule has 0 aliphatic heterocycles. The van der Waals surface area contributed by atoms with Gasteiger partial charge >= 0.3 is 5.95 Å². The molecule has 6 heteroatoms. The Bertz CT molecular complexity index is 902. The van der Waals surface area contributed by atoms with Crippen LogP contribution < -0.4 is 10.3 Å². The summed E-state index contributed by atoms with van der Waals surface area (Å²) in [6.07, 6.45) is 0. The van der Waals surface area contributed by atoms with Crippen molar-refractivity contribution >= 4 is 46.0 Å². The Morgan fingerprint density at radius 1 is 1.17 bits per heavy atom. The number of carbonyl (C=O) groups excluding carboxylic acids is 1. The average molecular weight is 349 g/mol. The van der Waals surface area contributed by atoms with Gasteiger partial charge in [-0.05, 0) is 37.3 Å². The van der Waals surface area contributed by atoms with Crippen LogP contribution in [0.15, 0.2) is 42.5 Å². The highest BCUT2D eigenvalue weighted by Crippen LogP contribution is 2.23. The quantitative estimate of drug-likeness (QED) is 0.577. The van der Waals surface area contributed by atoms with E-state index < -0.39 is 0 Å². The minimum atomic E-state index is -0.0701. The molecule has 0 unspecified atom stereocenters. The van der Waals surface area contributed by atoms with Crippen LogP contribution in [0.1, 0.15) is 17.3 Å². The van der Waals surface area contributed by atoms with Gasteiger partial charge in [-0.3, -0.25) is 10.5 Å². The third kappa shape index (κ3) is 2.80. The van der Waals surface area contributed by atoms with Crippen LogP contribution in [0.2, 0.25) is 10.0 Å². The van der Waals surface area contributed by atoms with Crippen LogP contribution in [-0.2, 0) is 13.1 Å². The number of rotatable bonds is 4. The van der Waals surface area contributed by atoms with E-state index in [0.29, 0.717) is 21.6 Å². The lowest BCUT2D eigenvalue weighted by Crippen LogP contribution is -2.40. The number of carbonyl (C=O) groups is 1. The lowest BCUT2D eigenvalue weighted by atomic mass is 10.1. The number of nitrogens with two attached hydrogens (primary N) is 1. The molecule has 0 atom stereocenters. The largest absolute Gasteiger partial charge is 0.356 e. The first kappa shape index (κ1) is 15.8. The summed E-state index contributed by atoms with van der Waals surface area (Å²) in [4.78, 5) is 12.6. The second-order valence-electron chi connectivity index (χ2n) is 5.23. The van der Waals surface area contributed by atoms with Gasteiger partial charge in [0.2, 0.25) is 0 Å². The molecule has 1 heterocycles. The molecule has 0 radical (unpaired) electrons. The van der Waals surface area contributed by atoms with Crippen LogP contribution in [0, 0.1) is 0 Å². The molecular weight excluding hydrogens is 333 g/mol. The van der Waals surface area contributed by atoms with Gasteiger partial charge in [-0.15, -0.1) is 0 Å². The van der Waals surface area contributed by atoms with Crippen molar-refractivity contribution in [1.29, 1.82) is 0 Å². The number of benzene rings is 2. The van der Waals surface area contributed by atoms with E-state index in [2.05, 4.69) is 0 Å². The van der Waals surface area contributed by atoms with Gasteiger partial charge < -0.3 is 0 Å². The maximum Gasteiger partial charge on any atom is 0.356 e. The monoisotopic (exact) mass is 348 g/mol. The Morgan fingerprint density at radius 3 is 2.61 bits per heavy atom. The first-order valence-electron chi connectivity index (χ1n) is 7.27. The fraction of sp³-hybridized carbons (Fsp3) is 0.176. The van der Waals surface area contributed by atoms with E-state index in [9.17, 15) is 4.79 Å². The normalized spacial score (nSPS) is 11.1. The molecule has 0 spiro atoms. The molecule has 0 aliphatic carbocycles. The summed E-state index contributed by atoms with van der Waals surface area (Å²) in [5, 5.41) is 0.796. The van der Waals surface area contributed by atoms with E-state index in [4.69, 9.17) is 28.9 Å². The number of para-hydroxylation sites is 2. The summed E-state index contributed by atoms with van der Waals surface area (Å²) in [5.41, 5.74) is 8.69. The van der Waals surface area contributed by atoms with Crippen molar-refractivity contribution in [3.63, 3.8) is 0 Å². The highest BCUT2D eigenvalue weighted by atomic mass is 35.5. The molecule has 3 rings (SSSR count). The average Bonchev–Trinajstić information content (AvgIpc) is 2.82. The molecule has 0 bridgehead atoms. The van der Waals surface area contributed by atoms with E-state index in [0.717, 1.165) is 17.6 Å². The summed E-state index contributed by atoms with van der Waals surface area (Å²) in [6, 6.07) is 12.7. The van der Waals surface area contributed by atoms with Gasteiger partial charge in [0.05, 0.1) is 16.6 Å². The third-order valence-corrected chi connectivity index (χ3v) is 4.61. The number of anilines is 1. The molecule has 3 aromatic rings. The number of ketones is 1. The molecular formula is C17H16Cl2N3O+. The second kappa shape index (κ2) is 6.22. The SMILES string of the molecule is CCn1c(N)[n+](CC(=O)c2ccc(Cl)c(Cl)c2)c2ccccc21. The molecule has 0 saturated heterocycles. The number of hydrogen-bond acceptors (Lipinski definition) is 2. The van der Waals surface area contributed by atoms with E-state index in [1.165, 1.54) is 0 Å². The van der Waals surface area contributed by atoms with Crippen molar-refractivity contribution in [3.05, 3.63) is 58.1 Å². The molecule has 2 N–H and O–H groups in total. The van der Waals surface area contributed by atoms with Crippen LogP contribution in [0.3, 0.4) is 0 Å². The predicted molar refractivity (Wildman–Crippen MR) is 93.0 cm³/mol. The number of nitrogen functional groups attached to an aromatic ring is 1. The van der Waals surface area contributed by atoms with Crippen molar-refractivity contribution in [1.82, 2.24) is 4.57 Å². The molecule has 4 nitrogen and oxygen atoms in total. The van der Waals surface area contributed by atoms with E-state index >= 15 is 0 Å². The minimum Gasteiger partial charge on any atom is -0.291 e. The van der Waals surface area contributed by atoms with Crippen molar-refractivity contribution in [2.75, 3.05) is 5.73 Å². The molecule has 0 amide bonds. The van der Waals surface area contributed by atoms with Crippen molar-refractivity contribution in [3.8, 4) is 0 Å². The van der Waals surface area contributed by atoms with Crippen LogP contribution in [0.5, 0.6) is 0 Å². The van der Waals surface area contributed by atoms with Crippen LogP contribution in [-0.4, -0.2) is 10.4 Å². The molecule has 0 saturated carbocycles. The van der Waals surface area contributed by atoms with E-state index in [1.807, 2.05) is 40.3 Å². The smallest absolute Gasteiger partial charge is 0.291 e. The number of aryl methyl sites for hydroxylation is 1. The minimum absolute atomic E-state index is 0.0701. The van der Waals surface area contributed by atoms with Crippen molar-refractivity contribution < 1.29 is 9.36 Å². The fourth-order valence-electron chi connectivity index (χ4n) is 2.72. The fourth-order valence-corrected chi connectivity index (χ4v) is 3.01. The highest BCUT2D eigenvalue weighted by Gasteiger charge is 2.22. The van der Waals surface area contributed by atoms with Gasteiger partial charge in [0.25, 0.3) is 0 Å². The summed E-state index contributed by atoms with van der Waals surface area (Å²) in [5.74, 6) is 0.487. The number of hydrogen-bond donors (Lipinski definition) is 1. The maximum atomic E-state index is 12.6. The molecule has 1 aromatic heterocycles. The molecule has 2 aromatic carbocycles. The van der Waals surface area contributed by atoms with Crippen molar-refractivity contribution in [2.24, 2.45) is 0 Å².